The first kappa shape index (κ1) is 14.5. The summed E-state index contributed by atoms with van der Waals surface area (Å²) in [6.07, 6.45) is 5.70. The monoisotopic (exact) mass is 283 g/mol. The number of nitrogens with zero attached hydrogens (tertiary/aromatic N) is 1. The van der Waals surface area contributed by atoms with Crippen molar-refractivity contribution in [3.8, 4) is 0 Å². The normalized spacial score (nSPS) is 23.3. The zero-order chi connectivity index (χ0) is 13.7. The van der Waals surface area contributed by atoms with Crippen LogP contribution in [0.15, 0.2) is 5.38 Å². The average Bonchev–Trinajstić information content (AvgIpc) is 2.88. The summed E-state index contributed by atoms with van der Waals surface area (Å²) in [5.41, 5.74) is 0.414. The lowest BCUT2D eigenvalue weighted by molar-refractivity contribution is 0.000153. The van der Waals surface area contributed by atoms with Gasteiger partial charge in [0.25, 0.3) is 0 Å². The molecule has 1 aliphatic rings. The third kappa shape index (κ3) is 3.76. The molecular formula is C14H21NO3S. The molecule has 5 heteroatoms. The lowest BCUT2D eigenvalue weighted by Crippen LogP contribution is -2.29. The molecule has 4 nitrogen and oxygen atoms in total. The molecule has 0 saturated heterocycles. The number of rotatable bonds is 5. The predicted molar refractivity (Wildman–Crippen MR) is 74.3 cm³/mol. The Morgan fingerprint density at radius 3 is 3.00 bits per heavy atom. The standard InChI is InChI=1S/C14H21NO3S/c1-3-10-6-4-5-7-12(10)18-14(16)11-9-19-13(15-11)8-17-2/h9-10,12H,3-8H2,1-2H3. The fraction of sp³-hybridized carbons (Fsp3) is 0.714. The Hall–Kier alpha value is -0.940. The minimum absolute atomic E-state index is 0.0684. The number of carbonyl (C=O) groups is 1. The Kier molecular flexibility index (Phi) is 5.34. The molecule has 19 heavy (non-hydrogen) atoms. The second-order valence-corrected chi connectivity index (χ2v) is 5.90. The number of ether oxygens (including phenoxy) is 2. The summed E-state index contributed by atoms with van der Waals surface area (Å²) in [6.45, 7) is 2.61. The second kappa shape index (κ2) is 7.01. The van der Waals surface area contributed by atoms with E-state index < -0.39 is 0 Å². The van der Waals surface area contributed by atoms with Crippen molar-refractivity contribution in [2.75, 3.05) is 7.11 Å². The van der Waals surface area contributed by atoms with Gasteiger partial charge in [-0.15, -0.1) is 11.3 Å². The first-order valence-corrected chi connectivity index (χ1v) is 7.76. The molecule has 1 saturated carbocycles. The van der Waals surface area contributed by atoms with Crippen molar-refractivity contribution >= 4 is 17.3 Å². The Morgan fingerprint density at radius 1 is 1.47 bits per heavy atom. The van der Waals surface area contributed by atoms with Gasteiger partial charge in [-0.25, -0.2) is 9.78 Å². The Labute approximate surface area is 118 Å². The van der Waals surface area contributed by atoms with E-state index >= 15 is 0 Å². The van der Waals surface area contributed by atoms with Gasteiger partial charge >= 0.3 is 5.97 Å². The molecule has 106 valence electrons. The van der Waals surface area contributed by atoms with Gasteiger partial charge < -0.3 is 9.47 Å². The van der Waals surface area contributed by atoms with E-state index in [1.807, 2.05) is 0 Å². The van der Waals surface area contributed by atoms with Crippen LogP contribution in [0.1, 0.15) is 54.5 Å². The summed E-state index contributed by atoms with van der Waals surface area (Å²) in [5, 5.41) is 2.56. The van der Waals surface area contributed by atoms with E-state index in [1.54, 1.807) is 12.5 Å². The molecule has 1 fully saturated rings. The van der Waals surface area contributed by atoms with Crippen LogP contribution in [0.5, 0.6) is 0 Å². The van der Waals surface area contributed by atoms with Crippen molar-refractivity contribution in [2.45, 2.75) is 51.7 Å². The number of thiazole rings is 1. The van der Waals surface area contributed by atoms with E-state index in [0.717, 1.165) is 24.3 Å². The van der Waals surface area contributed by atoms with E-state index in [2.05, 4.69) is 11.9 Å². The maximum Gasteiger partial charge on any atom is 0.358 e. The first-order chi connectivity index (χ1) is 9.24. The number of hydrogen-bond acceptors (Lipinski definition) is 5. The molecule has 0 aliphatic heterocycles. The van der Waals surface area contributed by atoms with Crippen LogP contribution in [-0.2, 0) is 16.1 Å². The van der Waals surface area contributed by atoms with Gasteiger partial charge in [0.1, 0.15) is 11.1 Å². The van der Waals surface area contributed by atoms with Gasteiger partial charge in [-0.1, -0.05) is 13.3 Å². The number of carbonyl (C=O) groups excluding carboxylic acids is 1. The summed E-state index contributed by atoms with van der Waals surface area (Å²) in [5.74, 6) is 0.221. The SMILES string of the molecule is CCC1CCCCC1OC(=O)c1csc(COC)n1. The van der Waals surface area contributed by atoms with E-state index in [-0.39, 0.29) is 12.1 Å². The van der Waals surface area contributed by atoms with Crippen LogP contribution >= 0.6 is 11.3 Å². The van der Waals surface area contributed by atoms with E-state index in [1.165, 1.54) is 24.2 Å². The van der Waals surface area contributed by atoms with Crippen LogP contribution in [0.25, 0.3) is 0 Å². The minimum atomic E-state index is -0.288. The van der Waals surface area contributed by atoms with Gasteiger partial charge in [0, 0.05) is 12.5 Å². The summed E-state index contributed by atoms with van der Waals surface area (Å²) in [4.78, 5) is 16.3. The van der Waals surface area contributed by atoms with Crippen LogP contribution < -0.4 is 0 Å². The zero-order valence-electron chi connectivity index (χ0n) is 11.6. The van der Waals surface area contributed by atoms with E-state index in [4.69, 9.17) is 9.47 Å². The Morgan fingerprint density at radius 2 is 2.26 bits per heavy atom. The molecular weight excluding hydrogens is 262 g/mol. The largest absolute Gasteiger partial charge is 0.457 e. The van der Waals surface area contributed by atoms with Crippen molar-refractivity contribution in [3.05, 3.63) is 16.1 Å². The molecule has 2 unspecified atom stereocenters. The number of aromatic nitrogens is 1. The van der Waals surface area contributed by atoms with Crippen LogP contribution in [0.4, 0.5) is 0 Å². The Balaban J connectivity index is 1.95. The van der Waals surface area contributed by atoms with E-state index in [9.17, 15) is 4.79 Å². The predicted octanol–water partition coefficient (Wildman–Crippen LogP) is 3.42. The summed E-state index contributed by atoms with van der Waals surface area (Å²) in [7, 11) is 1.62. The highest BCUT2D eigenvalue weighted by atomic mass is 32.1. The number of hydrogen-bond donors (Lipinski definition) is 0. The zero-order valence-corrected chi connectivity index (χ0v) is 12.4. The minimum Gasteiger partial charge on any atom is -0.457 e. The molecule has 0 radical (unpaired) electrons. The van der Waals surface area contributed by atoms with Crippen molar-refractivity contribution in [1.82, 2.24) is 4.98 Å². The third-order valence-corrected chi connectivity index (χ3v) is 4.47. The van der Waals surface area contributed by atoms with E-state index in [0.29, 0.717) is 18.2 Å². The second-order valence-electron chi connectivity index (χ2n) is 4.96. The molecule has 1 heterocycles. The summed E-state index contributed by atoms with van der Waals surface area (Å²) >= 11 is 1.43. The molecule has 0 spiro atoms. The fourth-order valence-electron chi connectivity index (χ4n) is 2.59. The van der Waals surface area contributed by atoms with Crippen LogP contribution in [0, 0.1) is 5.92 Å². The van der Waals surface area contributed by atoms with Gasteiger partial charge in [0.2, 0.25) is 0 Å². The highest BCUT2D eigenvalue weighted by molar-refractivity contribution is 7.09. The number of esters is 1. The van der Waals surface area contributed by atoms with Crippen molar-refractivity contribution in [1.29, 1.82) is 0 Å². The van der Waals surface area contributed by atoms with Crippen molar-refractivity contribution < 1.29 is 14.3 Å². The summed E-state index contributed by atoms with van der Waals surface area (Å²) < 4.78 is 10.6. The molecule has 1 aliphatic carbocycles. The smallest absolute Gasteiger partial charge is 0.358 e. The lowest BCUT2D eigenvalue weighted by atomic mass is 9.85. The van der Waals surface area contributed by atoms with Crippen LogP contribution in [0.3, 0.4) is 0 Å². The maximum absolute atomic E-state index is 12.1. The lowest BCUT2D eigenvalue weighted by Gasteiger charge is -2.30. The highest BCUT2D eigenvalue weighted by Crippen LogP contribution is 2.29. The van der Waals surface area contributed by atoms with Crippen LogP contribution in [-0.4, -0.2) is 24.2 Å². The van der Waals surface area contributed by atoms with Gasteiger partial charge in [-0.3, -0.25) is 0 Å². The molecule has 1 aromatic heterocycles. The molecule has 0 aromatic carbocycles. The molecule has 2 atom stereocenters. The quantitative estimate of drug-likeness (QED) is 0.777. The van der Waals surface area contributed by atoms with Gasteiger partial charge in [-0.05, 0) is 31.6 Å². The molecule has 0 N–H and O–H groups in total. The topological polar surface area (TPSA) is 48.4 Å². The van der Waals surface area contributed by atoms with Crippen molar-refractivity contribution in [3.63, 3.8) is 0 Å². The van der Waals surface area contributed by atoms with Gasteiger partial charge in [0.05, 0.1) is 6.61 Å². The average molecular weight is 283 g/mol. The molecule has 0 amide bonds. The first-order valence-electron chi connectivity index (χ1n) is 6.89. The maximum atomic E-state index is 12.1. The fourth-order valence-corrected chi connectivity index (χ4v) is 3.32. The Bertz CT molecular complexity index is 419. The third-order valence-electron chi connectivity index (χ3n) is 3.65. The highest BCUT2D eigenvalue weighted by Gasteiger charge is 2.28. The van der Waals surface area contributed by atoms with Crippen LogP contribution in [0.2, 0.25) is 0 Å². The van der Waals surface area contributed by atoms with Crippen molar-refractivity contribution in [2.24, 2.45) is 5.92 Å². The molecule has 1 aromatic rings. The molecule has 2 rings (SSSR count). The summed E-state index contributed by atoms with van der Waals surface area (Å²) in [6, 6.07) is 0. The molecule has 0 bridgehead atoms. The van der Waals surface area contributed by atoms with Gasteiger partial charge in [0.15, 0.2) is 5.69 Å². The van der Waals surface area contributed by atoms with Gasteiger partial charge in [-0.2, -0.15) is 0 Å². The number of methoxy groups -OCH3 is 1.